The van der Waals surface area contributed by atoms with Crippen molar-refractivity contribution >= 4 is 0 Å². The summed E-state index contributed by atoms with van der Waals surface area (Å²) in [6.07, 6.45) is -6.53. The van der Waals surface area contributed by atoms with Gasteiger partial charge >= 0.3 is 0 Å². The highest BCUT2D eigenvalue weighted by atomic mass is 16.7. The van der Waals surface area contributed by atoms with Crippen LogP contribution < -0.4 is 5.32 Å². The molecule has 2 saturated heterocycles. The van der Waals surface area contributed by atoms with E-state index in [-0.39, 0.29) is 12.2 Å². The Morgan fingerprint density at radius 2 is 1.77 bits per heavy atom. The molecule has 0 amide bonds. The van der Waals surface area contributed by atoms with Crippen molar-refractivity contribution < 1.29 is 40.1 Å². The lowest BCUT2D eigenvalue weighted by Gasteiger charge is -2.41. The molecule has 3 rings (SSSR count). The fourth-order valence-corrected chi connectivity index (χ4v) is 3.17. The second-order valence-corrected chi connectivity index (χ2v) is 5.90. The van der Waals surface area contributed by atoms with Crippen LogP contribution in [0.4, 0.5) is 0 Å². The smallest absolute Gasteiger partial charge is 0.186 e. The highest BCUT2D eigenvalue weighted by Crippen LogP contribution is 2.29. The Bertz CT molecular complexity index is 446. The first-order valence-electron chi connectivity index (χ1n) is 7.19. The van der Waals surface area contributed by atoms with E-state index in [0.29, 0.717) is 0 Å². The number of fused-ring (bicyclic) bond motifs is 2. The molecule has 1 aliphatic carbocycles. The first-order chi connectivity index (χ1) is 10.4. The molecule has 2 bridgehead atoms. The number of aliphatic hydroxyl groups is 6. The van der Waals surface area contributed by atoms with E-state index >= 15 is 0 Å². The summed E-state index contributed by atoms with van der Waals surface area (Å²) in [7, 11) is 0. The Morgan fingerprint density at radius 1 is 1.05 bits per heavy atom. The van der Waals surface area contributed by atoms with Crippen LogP contribution in [0.15, 0.2) is 11.6 Å². The molecule has 0 aromatic rings. The number of nitrogens with one attached hydrogen (secondary N) is 1. The largest absolute Gasteiger partial charge is 0.392 e. The van der Waals surface area contributed by atoms with Gasteiger partial charge in [-0.05, 0) is 5.57 Å². The van der Waals surface area contributed by atoms with Crippen LogP contribution in [0.2, 0.25) is 0 Å². The van der Waals surface area contributed by atoms with Gasteiger partial charge in [0.1, 0.15) is 36.6 Å². The van der Waals surface area contributed by atoms with Crippen molar-refractivity contribution in [3.63, 3.8) is 0 Å². The molecule has 9 nitrogen and oxygen atoms in total. The average molecular weight is 319 g/mol. The third-order valence-corrected chi connectivity index (χ3v) is 4.51. The standard InChI is InChI=1S/C13H21NO8/c15-2-4-1-5(9(17)11(19)8(4)16)14-7-6-3-21-13(22-6)12(20)10(7)18/h1,5-20H,2-3H2/t5-,6+,7-,8?,9?,10?,11-,12-,13+/m1/s1. The maximum Gasteiger partial charge on any atom is 0.186 e. The molecule has 0 aromatic heterocycles. The molecule has 9 atom stereocenters. The number of hydrogen-bond donors (Lipinski definition) is 7. The van der Waals surface area contributed by atoms with Crippen LogP contribution in [-0.4, -0.2) is 98.9 Å². The van der Waals surface area contributed by atoms with Crippen molar-refractivity contribution in [2.45, 2.75) is 55.0 Å². The Labute approximate surface area is 126 Å². The second-order valence-electron chi connectivity index (χ2n) is 5.90. The molecule has 9 heteroatoms. The Morgan fingerprint density at radius 3 is 2.45 bits per heavy atom. The van der Waals surface area contributed by atoms with E-state index in [2.05, 4.69) is 5.32 Å². The number of ether oxygens (including phenoxy) is 2. The van der Waals surface area contributed by atoms with Gasteiger partial charge in [-0.1, -0.05) is 6.08 Å². The van der Waals surface area contributed by atoms with Crippen molar-refractivity contribution in [2.24, 2.45) is 0 Å². The Hall–Kier alpha value is -0.620. The monoisotopic (exact) mass is 319 g/mol. The van der Waals surface area contributed by atoms with Gasteiger partial charge in [0.2, 0.25) is 0 Å². The normalized spacial score (nSPS) is 51.7. The van der Waals surface area contributed by atoms with E-state index in [1.807, 2.05) is 0 Å². The first kappa shape index (κ1) is 16.2. The van der Waals surface area contributed by atoms with Gasteiger partial charge in [0.05, 0.1) is 25.3 Å². The van der Waals surface area contributed by atoms with Gasteiger partial charge in [-0.25, -0.2) is 0 Å². The molecular formula is C13H21NO8. The van der Waals surface area contributed by atoms with Crippen LogP contribution >= 0.6 is 0 Å². The first-order valence-corrected chi connectivity index (χ1v) is 7.19. The summed E-state index contributed by atoms with van der Waals surface area (Å²) < 4.78 is 10.6. The lowest BCUT2D eigenvalue weighted by Crippen LogP contribution is -2.65. The lowest BCUT2D eigenvalue weighted by atomic mass is 9.86. The van der Waals surface area contributed by atoms with Crippen molar-refractivity contribution in [3.05, 3.63) is 11.6 Å². The Kier molecular flexibility index (Phi) is 4.52. The van der Waals surface area contributed by atoms with Crippen molar-refractivity contribution in [1.82, 2.24) is 5.32 Å². The summed E-state index contributed by atoms with van der Waals surface area (Å²) in [4.78, 5) is 0. The molecule has 2 fully saturated rings. The molecule has 2 heterocycles. The van der Waals surface area contributed by atoms with Gasteiger partial charge in [0.15, 0.2) is 6.29 Å². The van der Waals surface area contributed by atoms with Crippen LogP contribution in [0.5, 0.6) is 0 Å². The van der Waals surface area contributed by atoms with Gasteiger partial charge in [-0.15, -0.1) is 0 Å². The molecule has 0 aromatic carbocycles. The van der Waals surface area contributed by atoms with Gasteiger partial charge in [-0.2, -0.15) is 0 Å². The maximum absolute atomic E-state index is 10.1. The third kappa shape index (κ3) is 2.58. The molecule has 2 aliphatic heterocycles. The molecule has 22 heavy (non-hydrogen) atoms. The molecular weight excluding hydrogens is 298 g/mol. The zero-order chi connectivity index (χ0) is 16.0. The van der Waals surface area contributed by atoms with E-state index in [4.69, 9.17) is 9.47 Å². The minimum absolute atomic E-state index is 0.169. The molecule has 0 saturated carbocycles. The fraction of sp³-hybridized carbons (Fsp3) is 0.846. The minimum atomic E-state index is -1.47. The summed E-state index contributed by atoms with van der Waals surface area (Å²) in [5, 5.41) is 61.8. The lowest BCUT2D eigenvalue weighted by molar-refractivity contribution is -0.204. The van der Waals surface area contributed by atoms with Gasteiger partial charge in [0, 0.05) is 0 Å². The molecule has 0 radical (unpaired) electrons. The predicted octanol–water partition coefficient (Wildman–Crippen LogP) is -4.19. The SMILES string of the molecule is OCC1=C[C@@H](N[C@H]2C(O)[C@@H](O)[C@H]3OC[C@@H]2O3)C(O)[C@H](O)C1O. The van der Waals surface area contributed by atoms with Crippen molar-refractivity contribution in [1.29, 1.82) is 0 Å². The third-order valence-electron chi connectivity index (χ3n) is 4.51. The van der Waals surface area contributed by atoms with E-state index < -0.39 is 61.6 Å². The maximum atomic E-state index is 10.1. The molecule has 3 unspecified atom stereocenters. The van der Waals surface area contributed by atoms with E-state index in [1.165, 1.54) is 6.08 Å². The molecule has 7 N–H and O–H groups in total. The van der Waals surface area contributed by atoms with Crippen LogP contribution in [0.25, 0.3) is 0 Å². The predicted molar refractivity (Wildman–Crippen MR) is 70.5 cm³/mol. The number of aliphatic hydroxyl groups excluding tert-OH is 6. The van der Waals surface area contributed by atoms with Crippen LogP contribution in [0.1, 0.15) is 0 Å². The van der Waals surface area contributed by atoms with Gasteiger partial charge < -0.3 is 45.4 Å². The molecule has 3 aliphatic rings. The quantitative estimate of drug-likeness (QED) is 0.257. The highest BCUT2D eigenvalue weighted by molar-refractivity contribution is 5.22. The number of rotatable bonds is 3. The highest BCUT2D eigenvalue weighted by Gasteiger charge is 2.51. The summed E-state index contributed by atoms with van der Waals surface area (Å²) in [5.74, 6) is 0. The van der Waals surface area contributed by atoms with E-state index in [0.717, 1.165) is 0 Å². The van der Waals surface area contributed by atoms with Crippen LogP contribution in [-0.2, 0) is 9.47 Å². The summed E-state index contributed by atoms with van der Waals surface area (Å²) in [5.41, 5.74) is 0.169. The summed E-state index contributed by atoms with van der Waals surface area (Å²) >= 11 is 0. The molecule has 0 spiro atoms. The topological polar surface area (TPSA) is 152 Å². The van der Waals surface area contributed by atoms with E-state index in [1.54, 1.807) is 0 Å². The van der Waals surface area contributed by atoms with Gasteiger partial charge in [-0.3, -0.25) is 0 Å². The average Bonchev–Trinajstić information content (AvgIpc) is 2.96. The fourth-order valence-electron chi connectivity index (χ4n) is 3.17. The van der Waals surface area contributed by atoms with Crippen molar-refractivity contribution in [2.75, 3.05) is 13.2 Å². The van der Waals surface area contributed by atoms with Gasteiger partial charge in [0.25, 0.3) is 0 Å². The number of hydrogen-bond acceptors (Lipinski definition) is 9. The summed E-state index contributed by atoms with van der Waals surface area (Å²) in [6.45, 7) is -0.287. The summed E-state index contributed by atoms with van der Waals surface area (Å²) in [6, 6.07) is -1.56. The Balaban J connectivity index is 1.78. The van der Waals surface area contributed by atoms with Crippen molar-refractivity contribution in [3.8, 4) is 0 Å². The zero-order valence-electron chi connectivity index (χ0n) is 11.7. The second kappa shape index (κ2) is 6.11. The van der Waals surface area contributed by atoms with E-state index in [9.17, 15) is 30.6 Å². The van der Waals surface area contributed by atoms with Crippen LogP contribution in [0.3, 0.4) is 0 Å². The molecule has 126 valence electrons. The van der Waals surface area contributed by atoms with Crippen LogP contribution in [0, 0.1) is 0 Å². The minimum Gasteiger partial charge on any atom is -0.392 e. The zero-order valence-corrected chi connectivity index (χ0v) is 11.7.